The van der Waals surface area contributed by atoms with Crippen molar-refractivity contribution in [1.82, 2.24) is 14.8 Å². The third kappa shape index (κ3) is 4.61. The van der Waals surface area contributed by atoms with Crippen LogP contribution >= 0.6 is 24.8 Å². The maximum Gasteiger partial charge on any atom is 0.231 e. The van der Waals surface area contributed by atoms with Crippen molar-refractivity contribution in [3.63, 3.8) is 0 Å². The molecule has 134 valence electrons. The van der Waals surface area contributed by atoms with Crippen LogP contribution in [-0.4, -0.2) is 21.8 Å². The molecular weight excluding hydrogens is 364 g/mol. The number of hydrogen-bond acceptors (Lipinski definition) is 4. The molecule has 3 rings (SSSR count). The van der Waals surface area contributed by atoms with Crippen molar-refractivity contribution in [3.05, 3.63) is 65.7 Å². The molecule has 3 aromatic rings. The van der Waals surface area contributed by atoms with Crippen LogP contribution in [0.2, 0.25) is 0 Å². The molecule has 0 radical (unpaired) electrons. The first-order valence-electron chi connectivity index (χ1n) is 7.26. The van der Waals surface area contributed by atoms with Crippen molar-refractivity contribution in [2.24, 2.45) is 7.05 Å². The van der Waals surface area contributed by atoms with E-state index in [0.717, 1.165) is 22.8 Å². The van der Waals surface area contributed by atoms with E-state index in [9.17, 15) is 4.39 Å². The van der Waals surface area contributed by atoms with Crippen LogP contribution < -0.4 is 10.6 Å². The molecule has 0 spiro atoms. The molecule has 2 N–H and O–H groups in total. The fourth-order valence-electron chi connectivity index (χ4n) is 2.40. The standard InChI is InChI=1S/C17H18FN5.2ClH/c1-22(15-9-5-13(18)6-10-15)17-21-20-16(23(17)2)11-12-3-7-14(19)8-4-12;;/h3-10H,11,19H2,1-2H3;2*1H. The lowest BCUT2D eigenvalue weighted by molar-refractivity contribution is 0.628. The summed E-state index contributed by atoms with van der Waals surface area (Å²) in [6.45, 7) is 0. The van der Waals surface area contributed by atoms with E-state index in [4.69, 9.17) is 5.73 Å². The number of aromatic nitrogens is 3. The SMILES string of the molecule is CN(c1ccc(F)cc1)c1nnc(Cc2ccc(N)cc2)n1C.Cl.Cl. The molecular formula is C17H20Cl2FN5. The first kappa shape index (κ1) is 20.7. The van der Waals surface area contributed by atoms with E-state index in [0.29, 0.717) is 12.4 Å². The van der Waals surface area contributed by atoms with Gasteiger partial charge >= 0.3 is 0 Å². The topological polar surface area (TPSA) is 60.0 Å². The van der Waals surface area contributed by atoms with Gasteiger partial charge in [0.1, 0.15) is 11.6 Å². The minimum absolute atomic E-state index is 0. The van der Waals surface area contributed by atoms with Crippen molar-refractivity contribution >= 4 is 42.1 Å². The van der Waals surface area contributed by atoms with Gasteiger partial charge in [0.15, 0.2) is 0 Å². The van der Waals surface area contributed by atoms with Crippen LogP contribution in [0.25, 0.3) is 0 Å². The highest BCUT2D eigenvalue weighted by Crippen LogP contribution is 2.22. The van der Waals surface area contributed by atoms with Crippen LogP contribution in [0.15, 0.2) is 48.5 Å². The van der Waals surface area contributed by atoms with Gasteiger partial charge in [-0.25, -0.2) is 4.39 Å². The van der Waals surface area contributed by atoms with Gasteiger partial charge in [-0.2, -0.15) is 0 Å². The van der Waals surface area contributed by atoms with Gasteiger partial charge in [0.05, 0.1) is 0 Å². The van der Waals surface area contributed by atoms with Gasteiger partial charge in [0.2, 0.25) is 5.95 Å². The van der Waals surface area contributed by atoms with Crippen molar-refractivity contribution in [2.45, 2.75) is 6.42 Å². The first-order chi connectivity index (χ1) is 11.0. The maximum absolute atomic E-state index is 13.0. The van der Waals surface area contributed by atoms with Gasteiger partial charge in [-0.15, -0.1) is 35.0 Å². The van der Waals surface area contributed by atoms with E-state index in [1.807, 2.05) is 47.8 Å². The predicted octanol–water partition coefficient (Wildman–Crippen LogP) is 3.74. The van der Waals surface area contributed by atoms with Crippen molar-refractivity contribution in [2.75, 3.05) is 17.7 Å². The Hall–Kier alpha value is -2.31. The Morgan fingerprint density at radius 2 is 1.60 bits per heavy atom. The van der Waals surface area contributed by atoms with Crippen LogP contribution in [0.5, 0.6) is 0 Å². The Balaban J connectivity index is 0.00000156. The van der Waals surface area contributed by atoms with E-state index in [1.165, 1.54) is 12.1 Å². The van der Waals surface area contributed by atoms with E-state index in [2.05, 4.69) is 10.2 Å². The number of benzene rings is 2. The molecule has 8 heteroatoms. The predicted molar refractivity (Wildman–Crippen MR) is 104 cm³/mol. The Labute approximate surface area is 158 Å². The second kappa shape index (κ2) is 8.69. The number of halogens is 3. The van der Waals surface area contributed by atoms with Gasteiger partial charge in [-0.1, -0.05) is 12.1 Å². The normalized spacial score (nSPS) is 9.88. The molecule has 0 saturated heterocycles. The molecule has 0 saturated carbocycles. The summed E-state index contributed by atoms with van der Waals surface area (Å²) in [5.74, 6) is 1.28. The minimum Gasteiger partial charge on any atom is -0.399 e. The van der Waals surface area contributed by atoms with E-state index in [-0.39, 0.29) is 30.6 Å². The number of hydrogen-bond donors (Lipinski definition) is 1. The molecule has 0 bridgehead atoms. The molecule has 0 fully saturated rings. The summed E-state index contributed by atoms with van der Waals surface area (Å²) in [7, 11) is 3.80. The van der Waals surface area contributed by atoms with Gasteiger partial charge in [-0.3, -0.25) is 4.57 Å². The van der Waals surface area contributed by atoms with Crippen LogP contribution in [0.4, 0.5) is 21.7 Å². The summed E-state index contributed by atoms with van der Waals surface area (Å²) >= 11 is 0. The summed E-state index contributed by atoms with van der Waals surface area (Å²) in [6, 6.07) is 14.0. The lowest BCUT2D eigenvalue weighted by Gasteiger charge is -2.18. The van der Waals surface area contributed by atoms with E-state index < -0.39 is 0 Å². The number of nitrogens with two attached hydrogens (primary N) is 1. The molecule has 25 heavy (non-hydrogen) atoms. The molecule has 1 aromatic heterocycles. The van der Waals surface area contributed by atoms with Crippen LogP contribution in [0.3, 0.4) is 0 Å². The van der Waals surface area contributed by atoms with Gasteiger partial charge < -0.3 is 10.6 Å². The number of anilines is 3. The second-order valence-corrected chi connectivity index (χ2v) is 5.43. The Bertz CT molecular complexity index is 803. The Morgan fingerprint density at radius 1 is 1.00 bits per heavy atom. The monoisotopic (exact) mass is 383 g/mol. The lowest BCUT2D eigenvalue weighted by Crippen LogP contribution is -2.15. The second-order valence-electron chi connectivity index (χ2n) is 5.43. The number of rotatable bonds is 4. The minimum atomic E-state index is -0.260. The molecule has 0 unspecified atom stereocenters. The Kier molecular flexibility index (Phi) is 7.21. The molecule has 0 aliphatic rings. The van der Waals surface area contributed by atoms with Gasteiger partial charge in [-0.05, 0) is 42.0 Å². The highest BCUT2D eigenvalue weighted by atomic mass is 35.5. The Morgan fingerprint density at radius 3 is 2.20 bits per heavy atom. The zero-order valence-electron chi connectivity index (χ0n) is 13.9. The molecule has 0 aliphatic carbocycles. The van der Waals surface area contributed by atoms with Crippen molar-refractivity contribution in [1.29, 1.82) is 0 Å². The summed E-state index contributed by atoms with van der Waals surface area (Å²) in [4.78, 5) is 1.87. The highest BCUT2D eigenvalue weighted by molar-refractivity contribution is 5.85. The zero-order chi connectivity index (χ0) is 16.4. The largest absolute Gasteiger partial charge is 0.399 e. The zero-order valence-corrected chi connectivity index (χ0v) is 15.5. The van der Waals surface area contributed by atoms with Gasteiger partial charge in [0, 0.05) is 31.9 Å². The fourth-order valence-corrected chi connectivity index (χ4v) is 2.40. The average molecular weight is 384 g/mol. The number of nitrogens with zero attached hydrogens (tertiary/aromatic N) is 4. The van der Waals surface area contributed by atoms with E-state index in [1.54, 1.807) is 12.1 Å². The van der Waals surface area contributed by atoms with Crippen LogP contribution in [0.1, 0.15) is 11.4 Å². The molecule has 0 atom stereocenters. The first-order valence-corrected chi connectivity index (χ1v) is 7.26. The summed E-state index contributed by atoms with van der Waals surface area (Å²) in [5, 5.41) is 8.51. The fraction of sp³-hybridized carbons (Fsp3) is 0.176. The van der Waals surface area contributed by atoms with Crippen LogP contribution in [-0.2, 0) is 13.5 Å². The maximum atomic E-state index is 13.0. The summed E-state index contributed by atoms with van der Waals surface area (Å²) in [6.07, 6.45) is 0.668. The third-order valence-corrected chi connectivity index (χ3v) is 3.80. The third-order valence-electron chi connectivity index (χ3n) is 3.80. The summed E-state index contributed by atoms with van der Waals surface area (Å²) in [5.41, 5.74) is 8.41. The lowest BCUT2D eigenvalue weighted by atomic mass is 10.1. The molecule has 2 aromatic carbocycles. The highest BCUT2D eigenvalue weighted by Gasteiger charge is 2.14. The quantitative estimate of drug-likeness (QED) is 0.697. The van der Waals surface area contributed by atoms with Crippen LogP contribution in [0, 0.1) is 5.82 Å². The van der Waals surface area contributed by atoms with E-state index >= 15 is 0 Å². The van der Waals surface area contributed by atoms with Crippen molar-refractivity contribution < 1.29 is 4.39 Å². The summed E-state index contributed by atoms with van der Waals surface area (Å²) < 4.78 is 15.0. The average Bonchev–Trinajstić information content (AvgIpc) is 2.90. The molecule has 0 aliphatic heterocycles. The molecule has 5 nitrogen and oxygen atoms in total. The smallest absolute Gasteiger partial charge is 0.231 e. The van der Waals surface area contributed by atoms with Gasteiger partial charge in [0.25, 0.3) is 0 Å². The number of nitrogen functional groups attached to an aromatic ring is 1. The molecule has 0 amide bonds. The molecule has 1 heterocycles. The van der Waals surface area contributed by atoms with Crippen molar-refractivity contribution in [3.8, 4) is 0 Å².